The molecule has 1 aliphatic heterocycles. The molecule has 10 nitrogen and oxygen atoms in total. The average molecular weight is 675 g/mol. The van der Waals surface area contributed by atoms with Crippen LogP contribution in [0.15, 0.2) is 41.3 Å². The maximum Gasteiger partial charge on any atom is 0.393 e. The van der Waals surface area contributed by atoms with E-state index in [1.807, 2.05) is 0 Å². The second-order valence-electron chi connectivity index (χ2n) is 10.5. The van der Waals surface area contributed by atoms with Crippen LogP contribution in [0.2, 0.25) is 0 Å². The van der Waals surface area contributed by atoms with E-state index >= 15 is 4.39 Å². The van der Waals surface area contributed by atoms with Crippen LogP contribution >= 0.6 is 11.3 Å². The number of nitrogens with one attached hydrogen (secondary N) is 2. The van der Waals surface area contributed by atoms with Crippen LogP contribution in [0.5, 0.6) is 5.75 Å². The number of anilines is 2. The number of ether oxygens (including phenoxy) is 1. The molecule has 246 valence electrons. The van der Waals surface area contributed by atoms with Gasteiger partial charge >= 0.3 is 6.18 Å². The minimum atomic E-state index is -4.51. The lowest BCUT2D eigenvalue weighted by Crippen LogP contribution is -2.50. The predicted octanol–water partition coefficient (Wildman–Crippen LogP) is 2.67. The van der Waals surface area contributed by atoms with Crippen LogP contribution < -0.4 is 20.5 Å². The van der Waals surface area contributed by atoms with E-state index < -0.39 is 47.5 Å². The first-order valence-corrected chi connectivity index (χ1v) is 16.3. The highest BCUT2D eigenvalue weighted by Gasteiger charge is 2.33. The minimum absolute atomic E-state index is 0.00716. The Hall–Kier alpha value is -3.17. The van der Waals surface area contributed by atoms with Crippen LogP contribution in [0, 0.1) is 11.8 Å². The van der Waals surface area contributed by atoms with Crippen LogP contribution in [0.4, 0.5) is 28.9 Å². The Bertz CT molecular complexity index is 1640. The molecule has 45 heavy (non-hydrogen) atoms. The molecular formula is C29H34F4N4O6S2. The number of halogens is 4. The number of fused-ring (bicyclic) bond motifs is 1. The molecule has 1 saturated heterocycles. The van der Waals surface area contributed by atoms with Gasteiger partial charge < -0.3 is 30.7 Å². The van der Waals surface area contributed by atoms with Gasteiger partial charge in [0.2, 0.25) is 10.0 Å². The van der Waals surface area contributed by atoms with Gasteiger partial charge in [-0.3, -0.25) is 4.90 Å². The Kier molecular flexibility index (Phi) is 11.5. The van der Waals surface area contributed by atoms with Gasteiger partial charge in [0, 0.05) is 25.7 Å². The third-order valence-electron chi connectivity index (χ3n) is 7.04. The number of rotatable bonds is 12. The summed E-state index contributed by atoms with van der Waals surface area (Å²) < 4.78 is 85.3. The predicted molar refractivity (Wildman–Crippen MR) is 164 cm³/mol. The minimum Gasteiger partial charge on any atom is -0.489 e. The van der Waals surface area contributed by atoms with Crippen molar-refractivity contribution in [2.24, 2.45) is 5.14 Å². The SMILES string of the molecule is NS(=O)(=O)c1ccc(NCC#Cc2sc3c(NC4CCN(CC(O)CO)CC4F)cccc3c2CC(F)(F)F)c(OCCO)c1. The van der Waals surface area contributed by atoms with Gasteiger partial charge in [0.05, 0.1) is 64.2 Å². The van der Waals surface area contributed by atoms with Gasteiger partial charge in [0.1, 0.15) is 18.5 Å². The molecule has 1 fully saturated rings. The summed E-state index contributed by atoms with van der Waals surface area (Å²) in [5, 5.41) is 39.5. The molecule has 3 atom stereocenters. The number of hydrogen-bond donors (Lipinski definition) is 6. The fraction of sp³-hybridized carbons (Fsp3) is 0.448. The number of primary sulfonamides is 1. The van der Waals surface area contributed by atoms with Gasteiger partial charge in [-0.05, 0) is 35.6 Å². The maximum atomic E-state index is 15.1. The molecule has 0 aliphatic carbocycles. The second kappa shape index (κ2) is 14.9. The van der Waals surface area contributed by atoms with E-state index in [1.165, 1.54) is 18.2 Å². The topological polar surface area (TPSA) is 157 Å². The van der Waals surface area contributed by atoms with Crippen molar-refractivity contribution in [2.45, 2.75) is 42.2 Å². The number of piperidine rings is 1. The van der Waals surface area contributed by atoms with E-state index in [-0.39, 0.29) is 53.9 Å². The number of aliphatic hydroxyl groups excluding tert-OH is 3. The molecule has 2 aromatic carbocycles. The van der Waals surface area contributed by atoms with Crippen molar-refractivity contribution in [3.05, 3.63) is 46.8 Å². The Morgan fingerprint density at radius 3 is 2.64 bits per heavy atom. The number of thiophene rings is 1. The highest BCUT2D eigenvalue weighted by molar-refractivity contribution is 7.89. The van der Waals surface area contributed by atoms with E-state index in [1.54, 1.807) is 23.1 Å². The number of nitrogens with two attached hydrogens (primary N) is 1. The van der Waals surface area contributed by atoms with Gasteiger partial charge in [0.15, 0.2) is 0 Å². The standard InChI is InChI=1S/C29H34F4N4O6S2/c30-22-16-37(15-18(40)17-39)10-8-23(22)36-25-4-1-3-20-21(14-29(31,32)33)27(44-28(20)25)5-2-9-35-24-7-6-19(45(34,41)42)13-26(24)43-12-11-38/h1,3-4,6-7,13,18,22-23,35-36,38-40H,8-12,14-17H2,(H2,34,41,42). The van der Waals surface area contributed by atoms with Gasteiger partial charge in [0.25, 0.3) is 0 Å². The zero-order valence-electron chi connectivity index (χ0n) is 24.0. The molecule has 0 radical (unpaired) electrons. The molecule has 1 aliphatic rings. The molecule has 7 N–H and O–H groups in total. The highest BCUT2D eigenvalue weighted by atomic mass is 32.2. The number of sulfonamides is 1. The monoisotopic (exact) mass is 674 g/mol. The smallest absolute Gasteiger partial charge is 0.393 e. The number of β-amino-alcohol motifs (C(OH)–C–C–N with tert-alkyl or cyclic N) is 1. The number of benzene rings is 2. The molecule has 0 bridgehead atoms. The van der Waals surface area contributed by atoms with E-state index in [0.717, 1.165) is 11.3 Å². The molecule has 2 heterocycles. The molecule has 0 saturated carbocycles. The van der Waals surface area contributed by atoms with Crippen molar-refractivity contribution in [3.63, 3.8) is 0 Å². The Labute approximate surface area is 261 Å². The summed E-state index contributed by atoms with van der Waals surface area (Å²) in [5.41, 5.74) is 0.832. The van der Waals surface area contributed by atoms with Crippen LogP contribution in [0.1, 0.15) is 16.9 Å². The lowest BCUT2D eigenvalue weighted by Gasteiger charge is -2.36. The molecular weight excluding hydrogens is 640 g/mol. The Morgan fingerprint density at radius 1 is 1.20 bits per heavy atom. The van der Waals surface area contributed by atoms with Crippen LogP contribution in [-0.2, 0) is 16.4 Å². The summed E-state index contributed by atoms with van der Waals surface area (Å²) in [6, 6.07) is 8.10. The number of likely N-dealkylation sites (tertiary alicyclic amines) is 1. The normalized spacial score (nSPS) is 18.3. The van der Waals surface area contributed by atoms with E-state index in [9.17, 15) is 26.7 Å². The number of alkyl halides is 4. The van der Waals surface area contributed by atoms with Gasteiger partial charge in [-0.15, -0.1) is 11.3 Å². The van der Waals surface area contributed by atoms with Crippen LogP contribution in [-0.4, -0.2) is 99.1 Å². The lowest BCUT2D eigenvalue weighted by atomic mass is 10.0. The summed E-state index contributed by atoms with van der Waals surface area (Å²) in [4.78, 5) is 1.71. The zero-order chi connectivity index (χ0) is 32.8. The molecule has 3 unspecified atom stereocenters. The molecule has 0 spiro atoms. The molecule has 3 aromatic rings. The molecule has 16 heteroatoms. The van der Waals surface area contributed by atoms with Crippen molar-refractivity contribution in [3.8, 4) is 17.6 Å². The fourth-order valence-electron chi connectivity index (χ4n) is 4.98. The van der Waals surface area contributed by atoms with Crippen molar-refractivity contribution in [1.82, 2.24) is 4.90 Å². The summed E-state index contributed by atoms with van der Waals surface area (Å²) in [5.74, 6) is 5.72. The summed E-state index contributed by atoms with van der Waals surface area (Å²) in [6.07, 6.45) is -7.62. The molecule has 4 rings (SSSR count). The van der Waals surface area contributed by atoms with E-state index in [2.05, 4.69) is 22.5 Å². The zero-order valence-corrected chi connectivity index (χ0v) is 25.6. The van der Waals surface area contributed by atoms with Crippen molar-refractivity contribution in [2.75, 3.05) is 56.6 Å². The number of aliphatic hydroxyl groups is 3. The Balaban J connectivity index is 1.56. The average Bonchev–Trinajstić information content (AvgIpc) is 3.31. The van der Waals surface area contributed by atoms with Crippen LogP contribution in [0.3, 0.4) is 0 Å². The maximum absolute atomic E-state index is 15.1. The Morgan fingerprint density at radius 2 is 1.98 bits per heavy atom. The first-order chi connectivity index (χ1) is 21.3. The van der Waals surface area contributed by atoms with E-state index in [4.69, 9.17) is 20.1 Å². The van der Waals surface area contributed by atoms with Gasteiger partial charge in [-0.1, -0.05) is 24.0 Å². The lowest BCUT2D eigenvalue weighted by molar-refractivity contribution is -0.126. The van der Waals surface area contributed by atoms with E-state index in [0.29, 0.717) is 34.4 Å². The first kappa shape index (κ1) is 34.7. The molecule has 1 aromatic heterocycles. The highest BCUT2D eigenvalue weighted by Crippen LogP contribution is 2.39. The number of nitrogens with zero attached hydrogens (tertiary/aromatic N) is 1. The summed E-state index contributed by atoms with van der Waals surface area (Å²) in [7, 11) is -4.02. The third kappa shape index (κ3) is 9.42. The second-order valence-corrected chi connectivity index (χ2v) is 13.0. The quantitative estimate of drug-likeness (QED) is 0.126. The van der Waals surface area contributed by atoms with Crippen molar-refractivity contribution < 1.29 is 46.0 Å². The van der Waals surface area contributed by atoms with Gasteiger partial charge in [-0.25, -0.2) is 17.9 Å². The van der Waals surface area contributed by atoms with Crippen LogP contribution in [0.25, 0.3) is 10.1 Å². The first-order valence-electron chi connectivity index (χ1n) is 13.9. The molecule has 0 amide bonds. The fourth-order valence-corrected chi connectivity index (χ4v) is 6.68. The number of hydrogen-bond acceptors (Lipinski definition) is 10. The van der Waals surface area contributed by atoms with Crippen molar-refractivity contribution in [1.29, 1.82) is 0 Å². The largest absolute Gasteiger partial charge is 0.489 e. The summed E-state index contributed by atoms with van der Waals surface area (Å²) in [6.45, 7) is -0.273. The summed E-state index contributed by atoms with van der Waals surface area (Å²) >= 11 is 1.07. The van der Waals surface area contributed by atoms with Crippen molar-refractivity contribution >= 4 is 42.8 Å². The van der Waals surface area contributed by atoms with Gasteiger partial charge in [-0.2, -0.15) is 13.2 Å². The third-order valence-corrected chi connectivity index (χ3v) is 9.15.